The highest BCUT2D eigenvalue weighted by Gasteiger charge is 2.39. The van der Waals surface area contributed by atoms with Crippen molar-refractivity contribution in [2.24, 2.45) is 0 Å². The highest BCUT2D eigenvalue weighted by atomic mass is 32.1. The molecular formula is C73H84O2S2. The lowest BCUT2D eigenvalue weighted by Gasteiger charge is -2.32. The smallest absolute Gasteiger partial charge is 0.141 e. The Balaban J connectivity index is 1.19. The third-order valence-electron chi connectivity index (χ3n) is 16.6. The summed E-state index contributed by atoms with van der Waals surface area (Å²) in [6.07, 6.45) is 8.36. The van der Waals surface area contributed by atoms with Gasteiger partial charge in [-0.3, -0.25) is 0 Å². The van der Waals surface area contributed by atoms with Crippen LogP contribution in [-0.4, -0.2) is 10.2 Å². The fraction of sp³-hybridized carbons (Fsp3) is 0.370. The molecule has 0 amide bonds. The van der Waals surface area contributed by atoms with Crippen molar-refractivity contribution in [1.82, 2.24) is 0 Å². The third-order valence-corrected chi connectivity index (χ3v) is 18.5. The van der Waals surface area contributed by atoms with E-state index in [0.29, 0.717) is 0 Å². The Kier molecular flexibility index (Phi) is 15.7. The molecule has 0 atom stereocenters. The molecule has 9 rings (SSSR count). The summed E-state index contributed by atoms with van der Waals surface area (Å²) < 4.78 is 0. The Bertz CT molecular complexity index is 3370. The standard InChI is InChI=1S/C73H84O2S2/c1-15-16-17-18-19-20-21-59-48(2)62-46-49(66-64(42-44-76-66)72(74,55-32-24-51(25-33-55)68(3,4)5)56-34-26-52(27-35-56)69(6,7)8)22-40-60(62)61-41-23-50(47-63(59)61)67-65(43-45-77-67)73(75,57-36-28-53(29-37-57)70(9,10)11)58-38-30-54(31-39-58)71(12,13)14/h22-47,74-75H,15-21H2,1-14H3. The predicted octanol–water partition coefficient (Wildman–Crippen LogP) is 20.4. The van der Waals surface area contributed by atoms with Crippen LogP contribution in [0.25, 0.3) is 42.4 Å². The van der Waals surface area contributed by atoms with Crippen molar-refractivity contribution < 1.29 is 10.2 Å². The second-order valence-electron chi connectivity index (χ2n) is 26.2. The Morgan fingerprint density at radius 3 is 1.01 bits per heavy atom. The van der Waals surface area contributed by atoms with Crippen molar-refractivity contribution in [2.45, 2.75) is 175 Å². The summed E-state index contributed by atoms with van der Waals surface area (Å²) in [6, 6.07) is 52.9. The first-order valence-corrected chi connectivity index (χ1v) is 30.2. The maximum absolute atomic E-state index is 13.6. The number of rotatable bonds is 15. The molecule has 4 heteroatoms. The number of unbranched alkanes of at least 4 members (excludes halogenated alkanes) is 5. The summed E-state index contributed by atoms with van der Waals surface area (Å²) in [7, 11) is 0. The Morgan fingerprint density at radius 1 is 0.351 bits per heavy atom. The van der Waals surface area contributed by atoms with Crippen LogP contribution in [0.5, 0.6) is 0 Å². The summed E-state index contributed by atoms with van der Waals surface area (Å²) in [6.45, 7) is 31.5. The van der Waals surface area contributed by atoms with Gasteiger partial charge in [0.2, 0.25) is 0 Å². The number of hydrogen-bond donors (Lipinski definition) is 2. The number of fused-ring (bicyclic) bond motifs is 3. The first-order valence-electron chi connectivity index (χ1n) is 28.4. The van der Waals surface area contributed by atoms with E-state index in [4.69, 9.17) is 0 Å². The van der Waals surface area contributed by atoms with Gasteiger partial charge in [0.05, 0.1) is 0 Å². The lowest BCUT2D eigenvalue weighted by molar-refractivity contribution is 0.126. The topological polar surface area (TPSA) is 40.5 Å². The molecule has 0 spiro atoms. The van der Waals surface area contributed by atoms with Gasteiger partial charge in [0.25, 0.3) is 0 Å². The van der Waals surface area contributed by atoms with Crippen molar-refractivity contribution in [1.29, 1.82) is 0 Å². The summed E-state index contributed by atoms with van der Waals surface area (Å²) in [5, 5.41) is 36.4. The second-order valence-corrected chi connectivity index (χ2v) is 28.0. The van der Waals surface area contributed by atoms with Crippen LogP contribution in [0, 0.1) is 6.92 Å². The molecule has 2 nitrogen and oxygen atoms in total. The molecule has 0 aliphatic heterocycles. The molecule has 0 aliphatic carbocycles. The zero-order chi connectivity index (χ0) is 55.3. The van der Waals surface area contributed by atoms with E-state index in [0.717, 1.165) is 67.1 Å². The number of aliphatic hydroxyl groups is 2. The van der Waals surface area contributed by atoms with Gasteiger partial charge in [-0.05, 0) is 165 Å². The van der Waals surface area contributed by atoms with Crippen LogP contribution in [0.3, 0.4) is 0 Å². The van der Waals surface area contributed by atoms with Crippen molar-refractivity contribution in [3.8, 4) is 20.9 Å². The molecule has 400 valence electrons. The van der Waals surface area contributed by atoms with Crippen LogP contribution >= 0.6 is 22.7 Å². The molecule has 77 heavy (non-hydrogen) atoms. The molecule has 0 aliphatic rings. The van der Waals surface area contributed by atoms with Gasteiger partial charge in [0, 0.05) is 20.9 Å². The minimum Gasteiger partial charge on any atom is -0.376 e. The van der Waals surface area contributed by atoms with E-state index in [1.165, 1.54) is 87.0 Å². The van der Waals surface area contributed by atoms with E-state index in [1.807, 2.05) is 0 Å². The van der Waals surface area contributed by atoms with Crippen LogP contribution in [0.2, 0.25) is 0 Å². The van der Waals surface area contributed by atoms with Gasteiger partial charge in [0.15, 0.2) is 0 Å². The van der Waals surface area contributed by atoms with Crippen molar-refractivity contribution in [3.63, 3.8) is 0 Å². The van der Waals surface area contributed by atoms with Gasteiger partial charge in [-0.15, -0.1) is 22.7 Å². The number of benzene rings is 7. The first-order chi connectivity index (χ1) is 36.3. The monoisotopic (exact) mass is 1060 g/mol. The number of thiophene rings is 2. The molecule has 2 heterocycles. The fourth-order valence-corrected chi connectivity index (χ4v) is 13.5. The van der Waals surface area contributed by atoms with Gasteiger partial charge < -0.3 is 10.2 Å². The van der Waals surface area contributed by atoms with E-state index < -0.39 is 11.2 Å². The van der Waals surface area contributed by atoms with Gasteiger partial charge in [-0.2, -0.15) is 0 Å². The van der Waals surface area contributed by atoms with Crippen molar-refractivity contribution in [2.75, 3.05) is 0 Å². The summed E-state index contributed by atoms with van der Waals surface area (Å²) >= 11 is 3.41. The minimum atomic E-state index is -1.40. The van der Waals surface area contributed by atoms with E-state index in [1.54, 1.807) is 22.7 Å². The van der Waals surface area contributed by atoms with E-state index in [2.05, 4.69) is 253 Å². The highest BCUT2D eigenvalue weighted by Crippen LogP contribution is 2.49. The Morgan fingerprint density at radius 2 is 0.662 bits per heavy atom. The third kappa shape index (κ3) is 11.1. The summed E-state index contributed by atoms with van der Waals surface area (Å²) in [4.78, 5) is 2.15. The SMILES string of the molecule is CCCCCCCCc1c(C)c2cc(-c3sccc3C(O)(c3ccc(C(C)(C)C)cc3)c3ccc(C(C)(C)C)cc3)ccc2c2ccc(-c3sccc3C(O)(c3ccc(C(C)(C)C)cc3)c3ccc(C(C)(C)C)cc3)cc12. The lowest BCUT2D eigenvalue weighted by atomic mass is 9.77. The second kappa shape index (κ2) is 21.6. The summed E-state index contributed by atoms with van der Waals surface area (Å²) in [5.74, 6) is 0. The van der Waals surface area contributed by atoms with Crippen LogP contribution in [0.4, 0.5) is 0 Å². The maximum atomic E-state index is 13.6. The van der Waals surface area contributed by atoms with Crippen LogP contribution < -0.4 is 0 Å². The van der Waals surface area contributed by atoms with Gasteiger partial charge in [-0.25, -0.2) is 0 Å². The molecule has 7 aromatic carbocycles. The average Bonchev–Trinajstić information content (AvgIpc) is 4.12. The predicted molar refractivity (Wildman–Crippen MR) is 335 cm³/mol. The molecular weight excluding hydrogens is 973 g/mol. The molecule has 0 radical (unpaired) electrons. The van der Waals surface area contributed by atoms with Crippen LogP contribution in [0.1, 0.15) is 195 Å². The molecule has 0 saturated heterocycles. The molecule has 0 unspecified atom stereocenters. The van der Waals surface area contributed by atoms with Crippen molar-refractivity contribution >= 4 is 44.2 Å². The quantitative estimate of drug-likeness (QED) is 0.0793. The van der Waals surface area contributed by atoms with E-state index >= 15 is 0 Å². The van der Waals surface area contributed by atoms with Crippen LogP contribution in [-0.2, 0) is 39.3 Å². The molecule has 2 aromatic heterocycles. The van der Waals surface area contributed by atoms with Gasteiger partial charge in [-0.1, -0.05) is 243 Å². The zero-order valence-corrected chi connectivity index (χ0v) is 50.3. The highest BCUT2D eigenvalue weighted by molar-refractivity contribution is 7.14. The molecule has 2 N–H and O–H groups in total. The Hall–Kier alpha value is -5.62. The molecule has 9 aromatic rings. The first kappa shape index (κ1) is 56.1. The normalized spacial score (nSPS) is 13.0. The zero-order valence-electron chi connectivity index (χ0n) is 48.7. The van der Waals surface area contributed by atoms with Gasteiger partial charge >= 0.3 is 0 Å². The maximum Gasteiger partial charge on any atom is 0.141 e. The largest absolute Gasteiger partial charge is 0.376 e. The molecule has 0 bridgehead atoms. The van der Waals surface area contributed by atoms with Crippen molar-refractivity contribution in [3.05, 3.63) is 223 Å². The van der Waals surface area contributed by atoms with Crippen LogP contribution in [0.15, 0.2) is 156 Å². The number of aryl methyl sites for hydroxylation is 2. The molecule has 0 fully saturated rings. The van der Waals surface area contributed by atoms with E-state index in [9.17, 15) is 10.2 Å². The van der Waals surface area contributed by atoms with Gasteiger partial charge in [0.1, 0.15) is 11.2 Å². The average molecular weight is 1060 g/mol. The summed E-state index contributed by atoms with van der Waals surface area (Å²) in [5.41, 5.74) is 12.3. The fourth-order valence-electron chi connectivity index (χ4n) is 11.6. The van der Waals surface area contributed by atoms with E-state index in [-0.39, 0.29) is 21.7 Å². The Labute approximate surface area is 470 Å². The molecule has 0 saturated carbocycles. The number of hydrogen-bond acceptors (Lipinski definition) is 4. The lowest BCUT2D eigenvalue weighted by Crippen LogP contribution is -2.29. The minimum absolute atomic E-state index is 0.0158.